The summed E-state index contributed by atoms with van der Waals surface area (Å²) in [5.41, 5.74) is 2.56. The van der Waals surface area contributed by atoms with Crippen molar-refractivity contribution in [3.05, 3.63) is 88.9 Å². The number of nitrogens with zero attached hydrogens (tertiary/aromatic N) is 1. The highest BCUT2D eigenvalue weighted by Crippen LogP contribution is 2.41. The van der Waals surface area contributed by atoms with E-state index in [9.17, 15) is 13.2 Å². The van der Waals surface area contributed by atoms with Gasteiger partial charge in [0.05, 0.1) is 24.2 Å². The summed E-state index contributed by atoms with van der Waals surface area (Å²) in [6, 6.07) is 21.4. The fraction of sp³-hybridized carbons (Fsp3) is 0.136. The molecule has 0 saturated heterocycles. The lowest BCUT2D eigenvalue weighted by molar-refractivity contribution is -0.126. The summed E-state index contributed by atoms with van der Waals surface area (Å²) in [5, 5.41) is 0.559. The first-order valence-electron chi connectivity index (χ1n) is 9.19. The van der Waals surface area contributed by atoms with Crippen LogP contribution in [0.15, 0.2) is 72.8 Å². The first-order valence-corrected chi connectivity index (χ1v) is 11.5. The van der Waals surface area contributed by atoms with Crippen LogP contribution in [-0.4, -0.2) is 20.6 Å². The smallest absolute Gasteiger partial charge is 0.273 e. The Labute approximate surface area is 180 Å². The Morgan fingerprint density at radius 2 is 1.73 bits per heavy atom. The Morgan fingerprint density at radius 1 is 1.03 bits per heavy atom. The summed E-state index contributed by atoms with van der Waals surface area (Å²) < 4.78 is 31.7. The molecule has 1 aliphatic rings. The van der Waals surface area contributed by atoms with Crippen molar-refractivity contribution in [1.82, 2.24) is 0 Å². The molecule has 1 unspecified atom stereocenters. The van der Waals surface area contributed by atoms with Crippen LogP contribution in [0.25, 0.3) is 0 Å². The van der Waals surface area contributed by atoms with Crippen molar-refractivity contribution in [2.75, 3.05) is 15.9 Å². The molecule has 4 rings (SSSR count). The number of rotatable bonds is 5. The van der Waals surface area contributed by atoms with Gasteiger partial charge < -0.3 is 9.64 Å². The minimum absolute atomic E-state index is 0.211. The minimum Gasteiger partial charge on any atom is -0.474 e. The molecule has 0 fully saturated rings. The lowest BCUT2D eigenvalue weighted by Crippen LogP contribution is -2.40. The van der Waals surface area contributed by atoms with Crippen molar-refractivity contribution < 1.29 is 17.9 Å². The molecule has 30 heavy (non-hydrogen) atoms. The van der Waals surface area contributed by atoms with Crippen molar-refractivity contribution in [1.29, 1.82) is 0 Å². The van der Waals surface area contributed by atoms with Crippen LogP contribution in [0.3, 0.4) is 0 Å². The lowest BCUT2D eigenvalue weighted by Gasteiger charge is -2.35. The quantitative estimate of drug-likeness (QED) is 0.636. The molecule has 154 valence electrons. The zero-order chi connectivity index (χ0) is 21.3. The summed E-state index contributed by atoms with van der Waals surface area (Å²) >= 11 is 5.99. The SMILES string of the molecule is CS(=O)(=O)Nc1ccc2c(c1)OC(c1ccc(Cl)cc1)C(=O)N2Cc1ccccc1. The summed E-state index contributed by atoms with van der Waals surface area (Å²) in [4.78, 5) is 15.0. The highest BCUT2D eigenvalue weighted by atomic mass is 35.5. The van der Waals surface area contributed by atoms with Gasteiger partial charge in [-0.2, -0.15) is 0 Å². The van der Waals surface area contributed by atoms with Crippen molar-refractivity contribution in [3.8, 4) is 5.75 Å². The Balaban J connectivity index is 1.76. The van der Waals surface area contributed by atoms with Gasteiger partial charge in [0.25, 0.3) is 5.91 Å². The molecule has 0 spiro atoms. The number of sulfonamides is 1. The van der Waals surface area contributed by atoms with E-state index < -0.39 is 16.1 Å². The Morgan fingerprint density at radius 3 is 2.40 bits per heavy atom. The third kappa shape index (κ3) is 4.42. The normalized spacial score (nSPS) is 16.0. The summed E-state index contributed by atoms with van der Waals surface area (Å²) in [7, 11) is -3.45. The first-order chi connectivity index (χ1) is 14.3. The van der Waals surface area contributed by atoms with E-state index in [-0.39, 0.29) is 5.91 Å². The van der Waals surface area contributed by atoms with Gasteiger partial charge in [-0.15, -0.1) is 0 Å². The van der Waals surface area contributed by atoms with Crippen molar-refractivity contribution in [2.24, 2.45) is 0 Å². The van der Waals surface area contributed by atoms with Crippen molar-refractivity contribution in [3.63, 3.8) is 0 Å². The molecular weight excluding hydrogens is 424 g/mol. The first kappa shape index (κ1) is 20.3. The number of benzene rings is 3. The van der Waals surface area contributed by atoms with Gasteiger partial charge >= 0.3 is 0 Å². The number of anilines is 2. The van der Waals surface area contributed by atoms with Gasteiger partial charge in [0.1, 0.15) is 5.75 Å². The largest absolute Gasteiger partial charge is 0.474 e. The molecule has 0 aliphatic carbocycles. The molecule has 0 aromatic heterocycles. The van der Waals surface area contributed by atoms with E-state index in [0.717, 1.165) is 11.8 Å². The van der Waals surface area contributed by atoms with Crippen LogP contribution in [0, 0.1) is 0 Å². The highest BCUT2D eigenvalue weighted by molar-refractivity contribution is 7.92. The maximum atomic E-state index is 13.3. The number of hydrogen-bond acceptors (Lipinski definition) is 4. The van der Waals surface area contributed by atoms with Crippen molar-refractivity contribution in [2.45, 2.75) is 12.6 Å². The van der Waals surface area contributed by atoms with E-state index in [1.807, 2.05) is 30.3 Å². The number of amides is 1. The second-order valence-corrected chi connectivity index (χ2v) is 9.20. The molecule has 0 radical (unpaired) electrons. The van der Waals surface area contributed by atoms with Crippen molar-refractivity contribution >= 4 is 38.9 Å². The molecule has 1 atom stereocenters. The zero-order valence-electron chi connectivity index (χ0n) is 16.1. The number of carbonyl (C=O) groups is 1. The van der Waals surface area contributed by atoms with E-state index in [1.165, 1.54) is 0 Å². The zero-order valence-corrected chi connectivity index (χ0v) is 17.7. The predicted molar refractivity (Wildman–Crippen MR) is 117 cm³/mol. The average molecular weight is 443 g/mol. The van der Waals surface area contributed by atoms with Gasteiger partial charge in [0.15, 0.2) is 0 Å². The number of nitrogens with one attached hydrogen (secondary N) is 1. The molecule has 3 aromatic carbocycles. The third-order valence-corrected chi connectivity index (χ3v) is 5.50. The minimum atomic E-state index is -3.45. The van der Waals surface area contributed by atoms with Crippen LogP contribution in [0.1, 0.15) is 17.2 Å². The summed E-state index contributed by atoms with van der Waals surface area (Å²) in [6.07, 6.45) is 0.210. The fourth-order valence-corrected chi connectivity index (χ4v) is 4.01. The number of hydrogen-bond donors (Lipinski definition) is 1. The predicted octanol–water partition coefficient (Wildman–Crippen LogP) is 4.38. The van der Waals surface area contributed by atoms with Gasteiger partial charge in [0, 0.05) is 16.7 Å². The molecule has 8 heteroatoms. The number of fused-ring (bicyclic) bond motifs is 1. The summed E-state index contributed by atoms with van der Waals surface area (Å²) in [5.74, 6) is 0.205. The fourth-order valence-electron chi connectivity index (χ4n) is 3.32. The molecule has 0 bridgehead atoms. The standard InChI is InChI=1S/C22H19ClN2O4S/c1-30(27,28)24-18-11-12-19-20(13-18)29-21(16-7-9-17(23)10-8-16)22(26)25(19)14-15-5-3-2-4-6-15/h2-13,21,24H,14H2,1H3. The third-order valence-electron chi connectivity index (χ3n) is 4.65. The van der Waals surface area contributed by atoms with Gasteiger partial charge in [-0.05, 0) is 29.8 Å². The van der Waals surface area contributed by atoms with Gasteiger partial charge in [-0.3, -0.25) is 9.52 Å². The molecule has 1 N–H and O–H groups in total. The van der Waals surface area contributed by atoms with E-state index in [1.54, 1.807) is 47.4 Å². The maximum Gasteiger partial charge on any atom is 0.273 e. The van der Waals surface area contributed by atoms with Crippen LogP contribution in [0.5, 0.6) is 5.75 Å². The van der Waals surface area contributed by atoms with E-state index in [2.05, 4.69) is 4.72 Å². The molecule has 6 nitrogen and oxygen atoms in total. The topological polar surface area (TPSA) is 75.7 Å². The molecule has 1 aliphatic heterocycles. The number of ether oxygens (including phenoxy) is 1. The van der Waals surface area contributed by atoms with Crippen LogP contribution >= 0.6 is 11.6 Å². The van der Waals surface area contributed by atoms with Crippen LogP contribution in [0.2, 0.25) is 5.02 Å². The van der Waals surface area contributed by atoms with Gasteiger partial charge in [0.2, 0.25) is 16.1 Å². The Kier molecular flexibility index (Phi) is 5.40. The van der Waals surface area contributed by atoms with Gasteiger partial charge in [-0.1, -0.05) is 54.1 Å². The van der Waals surface area contributed by atoms with E-state index in [4.69, 9.17) is 16.3 Å². The van der Waals surface area contributed by atoms with E-state index in [0.29, 0.717) is 34.3 Å². The maximum absolute atomic E-state index is 13.3. The van der Waals surface area contributed by atoms with Gasteiger partial charge in [-0.25, -0.2) is 8.42 Å². The lowest BCUT2D eigenvalue weighted by atomic mass is 10.0. The number of halogens is 1. The molecule has 3 aromatic rings. The molecule has 0 saturated carbocycles. The second-order valence-electron chi connectivity index (χ2n) is 7.02. The molecule has 1 heterocycles. The Hall–Kier alpha value is -3.03. The van der Waals surface area contributed by atoms with E-state index >= 15 is 0 Å². The van der Waals surface area contributed by atoms with Crippen LogP contribution < -0.4 is 14.4 Å². The number of carbonyl (C=O) groups excluding carboxylic acids is 1. The highest BCUT2D eigenvalue weighted by Gasteiger charge is 2.35. The van der Waals surface area contributed by atoms with Crippen LogP contribution in [-0.2, 0) is 21.4 Å². The monoisotopic (exact) mass is 442 g/mol. The summed E-state index contributed by atoms with van der Waals surface area (Å²) in [6.45, 7) is 0.360. The Bertz CT molecular complexity index is 1180. The second kappa shape index (κ2) is 8.01. The molecular formula is C22H19ClN2O4S. The average Bonchev–Trinajstić information content (AvgIpc) is 2.70. The molecule has 1 amide bonds. The van der Waals surface area contributed by atoms with Crippen LogP contribution in [0.4, 0.5) is 11.4 Å².